The summed E-state index contributed by atoms with van der Waals surface area (Å²) in [5.74, 6) is -0.269. The Morgan fingerprint density at radius 2 is 1.89 bits per heavy atom. The molecule has 0 spiro atoms. The number of sulfonamides is 1. The largest absolute Gasteiger partial charge is 0.444 e. The second-order valence-electron chi connectivity index (χ2n) is 7.60. The summed E-state index contributed by atoms with van der Waals surface area (Å²) in [7, 11) is -3.64. The SMILES string of the molecule is CC(C)(C)OC(=O)NCC1CCCCN1S(=O)(=O)Cc1c(Cl)cccc1Cl. The van der Waals surface area contributed by atoms with Gasteiger partial charge < -0.3 is 10.1 Å². The third-order valence-electron chi connectivity index (χ3n) is 4.20. The minimum Gasteiger partial charge on any atom is -0.444 e. The Balaban J connectivity index is 2.10. The first-order valence-corrected chi connectivity index (χ1v) is 11.3. The van der Waals surface area contributed by atoms with Crippen molar-refractivity contribution in [2.24, 2.45) is 0 Å². The third-order valence-corrected chi connectivity index (χ3v) is 6.76. The predicted molar refractivity (Wildman–Crippen MR) is 108 cm³/mol. The van der Waals surface area contributed by atoms with Crippen molar-refractivity contribution in [2.75, 3.05) is 13.1 Å². The van der Waals surface area contributed by atoms with E-state index in [-0.39, 0.29) is 18.3 Å². The van der Waals surface area contributed by atoms with Crippen molar-refractivity contribution in [1.82, 2.24) is 9.62 Å². The second-order valence-corrected chi connectivity index (χ2v) is 10.3. The highest BCUT2D eigenvalue weighted by molar-refractivity contribution is 7.88. The Labute approximate surface area is 171 Å². The van der Waals surface area contributed by atoms with Gasteiger partial charge in [0, 0.05) is 34.7 Å². The Morgan fingerprint density at radius 3 is 2.48 bits per heavy atom. The molecule has 0 aromatic heterocycles. The lowest BCUT2D eigenvalue weighted by atomic mass is 10.1. The van der Waals surface area contributed by atoms with E-state index in [0.29, 0.717) is 28.6 Å². The van der Waals surface area contributed by atoms with Gasteiger partial charge in [-0.15, -0.1) is 0 Å². The van der Waals surface area contributed by atoms with E-state index in [1.165, 1.54) is 4.31 Å². The van der Waals surface area contributed by atoms with E-state index < -0.39 is 21.7 Å². The molecule has 0 radical (unpaired) electrons. The zero-order valence-electron chi connectivity index (χ0n) is 15.8. The van der Waals surface area contributed by atoms with Crippen LogP contribution in [0.15, 0.2) is 18.2 Å². The van der Waals surface area contributed by atoms with Crippen molar-refractivity contribution in [3.8, 4) is 0 Å². The number of amides is 1. The average Bonchev–Trinajstić information content (AvgIpc) is 2.55. The van der Waals surface area contributed by atoms with Crippen LogP contribution in [0.1, 0.15) is 45.6 Å². The van der Waals surface area contributed by atoms with Gasteiger partial charge in [-0.05, 0) is 45.7 Å². The summed E-state index contributed by atoms with van der Waals surface area (Å²) >= 11 is 12.3. The molecule has 0 aliphatic carbocycles. The van der Waals surface area contributed by atoms with Crippen LogP contribution in [-0.4, -0.2) is 43.5 Å². The van der Waals surface area contributed by atoms with Crippen LogP contribution in [0.3, 0.4) is 0 Å². The topological polar surface area (TPSA) is 75.7 Å². The fraction of sp³-hybridized carbons (Fsp3) is 0.611. The zero-order chi connectivity index (χ0) is 20.2. The Kier molecular flexibility index (Phi) is 7.41. The molecule has 1 unspecified atom stereocenters. The number of hydrogen-bond acceptors (Lipinski definition) is 4. The Hall–Kier alpha value is -1.02. The number of ether oxygens (including phenoxy) is 1. The molecular weight excluding hydrogens is 411 g/mol. The maximum Gasteiger partial charge on any atom is 0.407 e. The van der Waals surface area contributed by atoms with E-state index >= 15 is 0 Å². The van der Waals surface area contributed by atoms with Crippen LogP contribution in [0.4, 0.5) is 4.79 Å². The molecule has 0 bridgehead atoms. The summed E-state index contributed by atoms with van der Waals surface area (Å²) in [4.78, 5) is 11.9. The minimum atomic E-state index is -3.64. The minimum absolute atomic E-state index is 0.199. The van der Waals surface area contributed by atoms with Crippen molar-refractivity contribution in [1.29, 1.82) is 0 Å². The lowest BCUT2D eigenvalue weighted by molar-refractivity contribution is 0.0512. The third kappa shape index (κ3) is 6.52. The number of halogens is 2. The summed E-state index contributed by atoms with van der Waals surface area (Å²) in [6, 6.07) is 4.60. The van der Waals surface area contributed by atoms with Crippen LogP contribution >= 0.6 is 23.2 Å². The average molecular weight is 437 g/mol. The number of benzene rings is 1. The van der Waals surface area contributed by atoms with Gasteiger partial charge in [-0.3, -0.25) is 0 Å². The van der Waals surface area contributed by atoms with Gasteiger partial charge in [-0.1, -0.05) is 35.7 Å². The van der Waals surface area contributed by atoms with Gasteiger partial charge in [0.2, 0.25) is 10.0 Å². The Morgan fingerprint density at radius 1 is 1.26 bits per heavy atom. The molecule has 152 valence electrons. The monoisotopic (exact) mass is 436 g/mol. The molecule has 1 heterocycles. The summed E-state index contributed by atoms with van der Waals surface area (Å²) < 4.78 is 32.7. The van der Waals surface area contributed by atoms with Crippen LogP contribution < -0.4 is 5.32 Å². The molecule has 1 aromatic rings. The highest BCUT2D eigenvalue weighted by Crippen LogP contribution is 2.29. The molecule has 6 nitrogen and oxygen atoms in total. The Bertz CT molecular complexity index is 758. The fourth-order valence-electron chi connectivity index (χ4n) is 3.00. The number of hydrogen-bond donors (Lipinski definition) is 1. The summed E-state index contributed by atoms with van der Waals surface area (Å²) in [6.07, 6.45) is 1.79. The lowest BCUT2D eigenvalue weighted by Gasteiger charge is -2.35. The number of piperidine rings is 1. The normalized spacial score (nSPS) is 18.9. The molecule has 2 rings (SSSR count). The van der Waals surface area contributed by atoms with E-state index in [1.807, 2.05) is 0 Å². The molecule has 1 fully saturated rings. The molecule has 27 heavy (non-hydrogen) atoms. The van der Waals surface area contributed by atoms with Gasteiger partial charge in [0.25, 0.3) is 0 Å². The summed E-state index contributed by atoms with van der Waals surface area (Å²) in [6.45, 7) is 5.93. The zero-order valence-corrected chi connectivity index (χ0v) is 18.1. The number of carbonyl (C=O) groups excluding carboxylic acids is 1. The maximum absolute atomic E-state index is 13.0. The second kappa shape index (κ2) is 8.99. The summed E-state index contributed by atoms with van der Waals surface area (Å²) in [5, 5.41) is 3.33. The molecule has 1 N–H and O–H groups in total. The van der Waals surface area contributed by atoms with Crippen LogP contribution in [0.2, 0.25) is 10.0 Å². The molecule has 1 aromatic carbocycles. The van der Waals surface area contributed by atoms with Crippen LogP contribution in [0, 0.1) is 0 Å². The molecule has 1 aliphatic heterocycles. The van der Waals surface area contributed by atoms with Crippen molar-refractivity contribution in [2.45, 2.75) is 57.4 Å². The fourth-order valence-corrected chi connectivity index (χ4v) is 5.57. The van der Waals surface area contributed by atoms with E-state index in [1.54, 1.807) is 39.0 Å². The smallest absolute Gasteiger partial charge is 0.407 e. The van der Waals surface area contributed by atoms with Crippen LogP contribution in [0.5, 0.6) is 0 Å². The number of nitrogens with one attached hydrogen (secondary N) is 1. The van der Waals surface area contributed by atoms with Gasteiger partial charge in [-0.25, -0.2) is 13.2 Å². The standard InChI is InChI=1S/C18H26Cl2N2O4S/c1-18(2,3)26-17(23)21-11-13-7-4-5-10-22(13)27(24,25)12-14-15(19)8-6-9-16(14)20/h6,8-9,13H,4-5,7,10-12H2,1-3H3,(H,21,23). The van der Waals surface area contributed by atoms with Crippen molar-refractivity contribution in [3.63, 3.8) is 0 Å². The van der Waals surface area contributed by atoms with Crippen LogP contribution in [0.25, 0.3) is 0 Å². The molecule has 9 heteroatoms. The van der Waals surface area contributed by atoms with Crippen molar-refractivity contribution >= 4 is 39.3 Å². The molecule has 0 saturated carbocycles. The van der Waals surface area contributed by atoms with E-state index in [9.17, 15) is 13.2 Å². The molecule has 1 atom stereocenters. The number of nitrogens with zero attached hydrogens (tertiary/aromatic N) is 1. The van der Waals surface area contributed by atoms with Gasteiger partial charge in [0.05, 0.1) is 5.75 Å². The highest BCUT2D eigenvalue weighted by atomic mass is 35.5. The van der Waals surface area contributed by atoms with Gasteiger partial charge in [0.15, 0.2) is 0 Å². The maximum atomic E-state index is 13.0. The number of alkyl carbamates (subject to hydrolysis) is 1. The van der Waals surface area contributed by atoms with E-state index in [4.69, 9.17) is 27.9 Å². The predicted octanol–water partition coefficient (Wildman–Crippen LogP) is 4.20. The quantitative estimate of drug-likeness (QED) is 0.749. The lowest BCUT2D eigenvalue weighted by Crippen LogP contribution is -2.50. The molecule has 1 amide bonds. The van der Waals surface area contributed by atoms with Gasteiger partial charge >= 0.3 is 6.09 Å². The number of rotatable bonds is 5. The molecule has 1 aliphatic rings. The first kappa shape index (κ1) is 22.3. The van der Waals surface area contributed by atoms with Gasteiger partial charge in [0.1, 0.15) is 5.60 Å². The van der Waals surface area contributed by atoms with Crippen LogP contribution in [-0.2, 0) is 20.5 Å². The summed E-state index contributed by atoms with van der Waals surface area (Å²) in [5.41, 5.74) is -0.214. The van der Waals surface area contributed by atoms with E-state index in [0.717, 1.165) is 12.8 Å². The van der Waals surface area contributed by atoms with Gasteiger partial charge in [-0.2, -0.15) is 4.31 Å². The first-order chi connectivity index (χ1) is 12.5. The number of carbonyl (C=O) groups is 1. The molecular formula is C18H26Cl2N2O4S. The van der Waals surface area contributed by atoms with Crippen molar-refractivity contribution in [3.05, 3.63) is 33.8 Å². The first-order valence-electron chi connectivity index (χ1n) is 8.89. The van der Waals surface area contributed by atoms with Crippen molar-refractivity contribution < 1.29 is 17.9 Å². The highest BCUT2D eigenvalue weighted by Gasteiger charge is 2.33. The van der Waals surface area contributed by atoms with E-state index in [2.05, 4.69) is 5.32 Å². The molecule has 1 saturated heterocycles.